The standard InChI is InChI=1S/C20H26F3N3O2/c1-3-24-19(26-15(2)13-28-18-9-11-27-14-18)25-10-5-7-16-6-4-8-17(12-16)20(21,22)23/h4,6,8,12,15,18H,3,9-11,13-14H2,1-2H3,(H2,24,25,26). The molecule has 1 aromatic rings. The van der Waals surface area contributed by atoms with Crippen LogP contribution in [0.3, 0.4) is 0 Å². The van der Waals surface area contributed by atoms with Crippen LogP contribution in [0, 0.1) is 11.8 Å². The number of nitrogens with one attached hydrogen (secondary N) is 2. The van der Waals surface area contributed by atoms with Crippen molar-refractivity contribution >= 4 is 5.96 Å². The Hall–Kier alpha value is -2.24. The summed E-state index contributed by atoms with van der Waals surface area (Å²) in [6, 6.07) is 4.99. The van der Waals surface area contributed by atoms with Gasteiger partial charge in [-0.05, 0) is 38.5 Å². The van der Waals surface area contributed by atoms with E-state index in [0.29, 0.717) is 31.3 Å². The van der Waals surface area contributed by atoms with Gasteiger partial charge in [-0.25, -0.2) is 4.99 Å². The van der Waals surface area contributed by atoms with Crippen molar-refractivity contribution in [1.29, 1.82) is 0 Å². The third-order valence-electron chi connectivity index (χ3n) is 3.94. The third-order valence-corrected chi connectivity index (χ3v) is 3.94. The Morgan fingerprint density at radius 3 is 2.93 bits per heavy atom. The monoisotopic (exact) mass is 397 g/mol. The summed E-state index contributed by atoms with van der Waals surface area (Å²) in [6.45, 7) is 6.66. The van der Waals surface area contributed by atoms with Crippen molar-refractivity contribution in [3.8, 4) is 11.8 Å². The molecule has 154 valence electrons. The van der Waals surface area contributed by atoms with E-state index in [1.165, 1.54) is 6.07 Å². The van der Waals surface area contributed by atoms with Crippen molar-refractivity contribution in [1.82, 2.24) is 10.6 Å². The predicted molar refractivity (Wildman–Crippen MR) is 102 cm³/mol. The molecule has 0 aliphatic carbocycles. The zero-order valence-corrected chi connectivity index (χ0v) is 16.1. The summed E-state index contributed by atoms with van der Waals surface area (Å²) in [4.78, 5) is 4.34. The molecule has 0 spiro atoms. The second-order valence-electron chi connectivity index (χ2n) is 6.44. The minimum atomic E-state index is -4.37. The van der Waals surface area contributed by atoms with E-state index in [-0.39, 0.29) is 18.7 Å². The van der Waals surface area contributed by atoms with E-state index < -0.39 is 11.7 Å². The summed E-state index contributed by atoms with van der Waals surface area (Å²) in [6.07, 6.45) is -3.32. The predicted octanol–water partition coefficient (Wildman–Crippen LogP) is 2.81. The van der Waals surface area contributed by atoms with E-state index in [4.69, 9.17) is 9.47 Å². The van der Waals surface area contributed by atoms with Gasteiger partial charge in [0.05, 0.1) is 24.9 Å². The molecule has 1 heterocycles. The summed E-state index contributed by atoms with van der Waals surface area (Å²) in [5, 5.41) is 6.34. The Kier molecular flexibility index (Phi) is 8.61. The van der Waals surface area contributed by atoms with Gasteiger partial charge in [0.2, 0.25) is 0 Å². The highest BCUT2D eigenvalue weighted by Gasteiger charge is 2.30. The number of halogens is 3. The van der Waals surface area contributed by atoms with E-state index in [2.05, 4.69) is 27.5 Å². The maximum absolute atomic E-state index is 12.7. The Labute approximate surface area is 163 Å². The van der Waals surface area contributed by atoms with Crippen molar-refractivity contribution < 1.29 is 22.6 Å². The highest BCUT2D eigenvalue weighted by Crippen LogP contribution is 2.29. The fourth-order valence-electron chi connectivity index (χ4n) is 2.55. The molecule has 8 heteroatoms. The molecule has 2 unspecified atom stereocenters. The number of nitrogens with zero attached hydrogens (tertiary/aromatic N) is 1. The van der Waals surface area contributed by atoms with Crippen LogP contribution in [-0.2, 0) is 15.7 Å². The van der Waals surface area contributed by atoms with Gasteiger partial charge in [-0.2, -0.15) is 13.2 Å². The van der Waals surface area contributed by atoms with Crippen molar-refractivity contribution in [2.75, 3.05) is 32.9 Å². The third kappa shape index (κ3) is 7.79. The molecule has 1 fully saturated rings. The molecule has 2 rings (SSSR count). The molecule has 2 N–H and O–H groups in total. The number of alkyl halides is 3. The van der Waals surface area contributed by atoms with Crippen molar-refractivity contribution in [3.63, 3.8) is 0 Å². The van der Waals surface area contributed by atoms with Crippen molar-refractivity contribution in [2.24, 2.45) is 4.99 Å². The van der Waals surface area contributed by atoms with Crippen LogP contribution < -0.4 is 10.6 Å². The normalized spacial score (nSPS) is 18.3. The second-order valence-corrected chi connectivity index (χ2v) is 6.44. The van der Waals surface area contributed by atoms with E-state index >= 15 is 0 Å². The average molecular weight is 397 g/mol. The first-order valence-electron chi connectivity index (χ1n) is 9.28. The number of hydrogen-bond donors (Lipinski definition) is 2. The first-order valence-corrected chi connectivity index (χ1v) is 9.28. The van der Waals surface area contributed by atoms with Gasteiger partial charge in [0, 0.05) is 24.8 Å². The first kappa shape index (κ1) is 22.1. The molecule has 1 saturated heterocycles. The smallest absolute Gasteiger partial charge is 0.379 e. The molecule has 0 radical (unpaired) electrons. The zero-order valence-electron chi connectivity index (χ0n) is 16.1. The number of ether oxygens (including phenoxy) is 2. The molecule has 28 heavy (non-hydrogen) atoms. The van der Waals surface area contributed by atoms with Crippen LogP contribution >= 0.6 is 0 Å². The van der Waals surface area contributed by atoms with E-state index in [1.807, 2.05) is 13.8 Å². The largest absolute Gasteiger partial charge is 0.416 e. The topological polar surface area (TPSA) is 54.9 Å². The quantitative estimate of drug-likeness (QED) is 0.440. The number of guanidine groups is 1. The Bertz CT molecular complexity index is 705. The lowest BCUT2D eigenvalue weighted by molar-refractivity contribution is -0.137. The molecular weight excluding hydrogens is 371 g/mol. The lowest BCUT2D eigenvalue weighted by Gasteiger charge is -2.19. The SMILES string of the molecule is CCNC(=NCC#Cc1cccc(C(F)(F)F)c1)NC(C)COC1CCOC1. The Morgan fingerprint density at radius 1 is 1.43 bits per heavy atom. The maximum Gasteiger partial charge on any atom is 0.416 e. The zero-order chi connectivity index (χ0) is 20.4. The van der Waals surface area contributed by atoms with Gasteiger partial charge in [-0.3, -0.25) is 0 Å². The highest BCUT2D eigenvalue weighted by molar-refractivity contribution is 5.80. The molecule has 0 aromatic heterocycles. The average Bonchev–Trinajstić information content (AvgIpc) is 3.17. The molecule has 0 saturated carbocycles. The van der Waals surface area contributed by atoms with Gasteiger partial charge in [-0.15, -0.1) is 0 Å². The van der Waals surface area contributed by atoms with Crippen molar-refractivity contribution in [2.45, 2.75) is 38.6 Å². The molecule has 1 aromatic carbocycles. The van der Waals surface area contributed by atoms with Gasteiger partial charge in [0.15, 0.2) is 5.96 Å². The number of benzene rings is 1. The second kappa shape index (κ2) is 10.9. The highest BCUT2D eigenvalue weighted by atomic mass is 19.4. The minimum absolute atomic E-state index is 0.0369. The van der Waals surface area contributed by atoms with Gasteiger partial charge < -0.3 is 20.1 Å². The van der Waals surface area contributed by atoms with Crippen LogP contribution in [0.5, 0.6) is 0 Å². The Balaban J connectivity index is 1.87. The number of hydrogen-bond acceptors (Lipinski definition) is 3. The van der Waals surface area contributed by atoms with Gasteiger partial charge in [0.25, 0.3) is 0 Å². The van der Waals surface area contributed by atoms with Crippen molar-refractivity contribution in [3.05, 3.63) is 35.4 Å². The lowest BCUT2D eigenvalue weighted by atomic mass is 10.1. The molecule has 2 atom stereocenters. The summed E-state index contributed by atoms with van der Waals surface area (Å²) in [5.41, 5.74) is -0.400. The van der Waals surface area contributed by atoms with Gasteiger partial charge in [0.1, 0.15) is 6.54 Å². The van der Waals surface area contributed by atoms with Gasteiger partial charge >= 0.3 is 6.18 Å². The van der Waals surface area contributed by atoms with E-state index in [1.54, 1.807) is 6.07 Å². The lowest BCUT2D eigenvalue weighted by Crippen LogP contribution is -2.44. The molecule has 0 amide bonds. The van der Waals surface area contributed by atoms with Crippen LogP contribution in [-0.4, -0.2) is 51.0 Å². The number of aliphatic imine (C=N–C) groups is 1. The van der Waals surface area contributed by atoms with Crippen LogP contribution in [0.15, 0.2) is 29.3 Å². The van der Waals surface area contributed by atoms with Crippen LogP contribution in [0.2, 0.25) is 0 Å². The Morgan fingerprint density at radius 2 is 2.25 bits per heavy atom. The summed E-state index contributed by atoms with van der Waals surface area (Å²) >= 11 is 0. The fourth-order valence-corrected chi connectivity index (χ4v) is 2.55. The van der Waals surface area contributed by atoms with Crippen LogP contribution in [0.1, 0.15) is 31.4 Å². The fraction of sp³-hybridized carbons (Fsp3) is 0.550. The van der Waals surface area contributed by atoms with E-state index in [9.17, 15) is 13.2 Å². The summed E-state index contributed by atoms with van der Waals surface area (Å²) < 4.78 is 49.2. The first-order chi connectivity index (χ1) is 13.4. The van der Waals surface area contributed by atoms with Gasteiger partial charge in [-0.1, -0.05) is 17.9 Å². The molecule has 0 bridgehead atoms. The molecule has 1 aliphatic heterocycles. The van der Waals surface area contributed by atoms with E-state index in [0.717, 1.165) is 25.2 Å². The van der Waals surface area contributed by atoms with Crippen LogP contribution in [0.4, 0.5) is 13.2 Å². The molecule has 1 aliphatic rings. The van der Waals surface area contributed by atoms with Crippen LogP contribution in [0.25, 0.3) is 0 Å². The minimum Gasteiger partial charge on any atom is -0.379 e. The maximum atomic E-state index is 12.7. The molecular formula is C20H26F3N3O2. The summed E-state index contributed by atoms with van der Waals surface area (Å²) in [7, 11) is 0. The molecule has 5 nitrogen and oxygen atoms in total. The summed E-state index contributed by atoms with van der Waals surface area (Å²) in [5.74, 6) is 6.09. The number of rotatable bonds is 6.